The fraction of sp³-hybridized carbons (Fsp3) is 0.355. The van der Waals surface area contributed by atoms with Crippen LogP contribution in [-0.2, 0) is 25.7 Å². The number of hydrogen-bond donors (Lipinski definition) is 0. The summed E-state index contributed by atoms with van der Waals surface area (Å²) >= 11 is 0. The van der Waals surface area contributed by atoms with Crippen LogP contribution in [0.5, 0.6) is 0 Å². The van der Waals surface area contributed by atoms with Gasteiger partial charge in [0.05, 0.1) is 0 Å². The second-order valence-electron chi connectivity index (χ2n) is 9.98. The van der Waals surface area contributed by atoms with Gasteiger partial charge >= 0.3 is 0 Å². The first kappa shape index (κ1) is 19.1. The minimum atomic E-state index is 0.418. The second kappa shape index (κ2) is 8.15. The van der Waals surface area contributed by atoms with Crippen molar-refractivity contribution >= 4 is 5.57 Å². The summed E-state index contributed by atoms with van der Waals surface area (Å²) in [4.78, 5) is 0. The minimum absolute atomic E-state index is 0.418. The first-order chi connectivity index (χ1) is 15.3. The van der Waals surface area contributed by atoms with Gasteiger partial charge in [-0.2, -0.15) is 0 Å². The number of fused-ring (bicyclic) bond motifs is 2. The van der Waals surface area contributed by atoms with Crippen LogP contribution in [0.2, 0.25) is 0 Å². The van der Waals surface area contributed by atoms with Crippen molar-refractivity contribution in [2.45, 2.75) is 57.8 Å². The van der Waals surface area contributed by atoms with E-state index in [0.29, 0.717) is 5.92 Å². The Morgan fingerprint density at radius 1 is 0.710 bits per heavy atom. The predicted molar refractivity (Wildman–Crippen MR) is 131 cm³/mol. The molecule has 31 heavy (non-hydrogen) atoms. The average Bonchev–Trinajstić information content (AvgIpc) is 3.56. The zero-order chi connectivity index (χ0) is 20.6. The lowest BCUT2D eigenvalue weighted by Crippen LogP contribution is -2.10. The Kier molecular flexibility index (Phi) is 5.03. The molecule has 0 radical (unpaired) electrons. The van der Waals surface area contributed by atoms with Crippen molar-refractivity contribution in [2.75, 3.05) is 0 Å². The van der Waals surface area contributed by atoms with Crippen LogP contribution in [0.1, 0.15) is 59.9 Å². The van der Waals surface area contributed by atoms with E-state index in [0.717, 1.165) is 12.3 Å². The number of aryl methyl sites for hydroxylation is 2. The third-order valence-electron chi connectivity index (χ3n) is 7.93. The molecular weight excluding hydrogens is 372 g/mol. The Morgan fingerprint density at radius 2 is 1.52 bits per heavy atom. The molecule has 1 saturated carbocycles. The van der Waals surface area contributed by atoms with Crippen molar-refractivity contribution in [1.29, 1.82) is 0 Å². The summed E-state index contributed by atoms with van der Waals surface area (Å²) < 4.78 is 0. The van der Waals surface area contributed by atoms with E-state index in [2.05, 4.69) is 72.8 Å². The highest BCUT2D eigenvalue weighted by atomic mass is 14.3. The standard InChI is InChI=1S/C31H32/c1-2-6-22(5-1)19-23-11-13-24(14-12-23)20-27-17-18-30(31-10-4-9-29(27)31)28-16-15-25-7-3-8-26(25)21-28/h4,9-18,21-22,31H,1-3,5-8,19-20H2. The largest absolute Gasteiger partial charge is 0.0726 e. The average molecular weight is 405 g/mol. The number of rotatable bonds is 5. The zero-order valence-electron chi connectivity index (χ0n) is 18.4. The maximum Gasteiger partial charge on any atom is 0.0281 e. The van der Waals surface area contributed by atoms with E-state index in [9.17, 15) is 0 Å². The van der Waals surface area contributed by atoms with Gasteiger partial charge in [0.1, 0.15) is 0 Å². The van der Waals surface area contributed by atoms with E-state index in [1.54, 1.807) is 11.1 Å². The van der Waals surface area contributed by atoms with Gasteiger partial charge in [-0.3, -0.25) is 0 Å². The smallest absolute Gasteiger partial charge is 0.0281 e. The molecule has 0 N–H and O–H groups in total. The molecule has 4 aliphatic carbocycles. The van der Waals surface area contributed by atoms with Crippen LogP contribution in [-0.4, -0.2) is 0 Å². The van der Waals surface area contributed by atoms with Crippen molar-refractivity contribution < 1.29 is 0 Å². The highest BCUT2D eigenvalue weighted by molar-refractivity contribution is 5.79. The van der Waals surface area contributed by atoms with Crippen LogP contribution in [0.15, 0.2) is 84.0 Å². The molecule has 2 aromatic rings. The van der Waals surface area contributed by atoms with Crippen molar-refractivity contribution in [1.82, 2.24) is 0 Å². The first-order valence-electron chi connectivity index (χ1n) is 12.3. The molecule has 0 nitrogen and oxygen atoms in total. The lowest BCUT2D eigenvalue weighted by atomic mass is 9.79. The van der Waals surface area contributed by atoms with Gasteiger partial charge in [0.25, 0.3) is 0 Å². The Bertz CT molecular complexity index is 1100. The Labute approximate surface area is 187 Å². The molecule has 1 atom stereocenters. The van der Waals surface area contributed by atoms with Crippen LogP contribution in [0.4, 0.5) is 0 Å². The van der Waals surface area contributed by atoms with Gasteiger partial charge in [-0.25, -0.2) is 0 Å². The van der Waals surface area contributed by atoms with E-state index in [1.165, 1.54) is 84.8 Å². The van der Waals surface area contributed by atoms with Gasteiger partial charge < -0.3 is 0 Å². The molecule has 1 fully saturated rings. The van der Waals surface area contributed by atoms with Crippen LogP contribution in [0.25, 0.3) is 5.57 Å². The quantitative estimate of drug-likeness (QED) is 0.481. The second-order valence-corrected chi connectivity index (χ2v) is 9.98. The van der Waals surface area contributed by atoms with Gasteiger partial charge in [0.15, 0.2) is 0 Å². The topological polar surface area (TPSA) is 0 Å². The van der Waals surface area contributed by atoms with Crippen molar-refractivity contribution in [3.63, 3.8) is 0 Å². The predicted octanol–water partition coefficient (Wildman–Crippen LogP) is 7.59. The highest BCUT2D eigenvalue weighted by Gasteiger charge is 2.26. The molecule has 0 aromatic heterocycles. The van der Waals surface area contributed by atoms with Gasteiger partial charge in [0.2, 0.25) is 0 Å². The molecule has 156 valence electrons. The van der Waals surface area contributed by atoms with Crippen LogP contribution in [0.3, 0.4) is 0 Å². The molecule has 4 aliphatic rings. The molecule has 0 saturated heterocycles. The summed E-state index contributed by atoms with van der Waals surface area (Å²) in [6, 6.07) is 16.7. The van der Waals surface area contributed by atoms with Crippen LogP contribution >= 0.6 is 0 Å². The molecule has 0 spiro atoms. The summed E-state index contributed by atoms with van der Waals surface area (Å²) in [5, 5.41) is 0. The van der Waals surface area contributed by atoms with Crippen molar-refractivity contribution in [3.8, 4) is 0 Å². The van der Waals surface area contributed by atoms with Gasteiger partial charge in [-0.15, -0.1) is 0 Å². The van der Waals surface area contributed by atoms with E-state index >= 15 is 0 Å². The van der Waals surface area contributed by atoms with Crippen LogP contribution in [0, 0.1) is 11.8 Å². The summed E-state index contributed by atoms with van der Waals surface area (Å²) in [5.41, 5.74) is 11.9. The summed E-state index contributed by atoms with van der Waals surface area (Å²) in [6.45, 7) is 0. The lowest BCUT2D eigenvalue weighted by Gasteiger charge is -2.25. The van der Waals surface area contributed by atoms with E-state index in [-0.39, 0.29) is 0 Å². The molecule has 2 aromatic carbocycles. The normalized spacial score (nSPS) is 22.2. The fourth-order valence-corrected chi connectivity index (χ4v) is 6.20. The maximum absolute atomic E-state index is 2.46. The molecule has 0 heterocycles. The van der Waals surface area contributed by atoms with E-state index in [4.69, 9.17) is 0 Å². The Hall–Kier alpha value is -2.60. The Morgan fingerprint density at radius 3 is 2.39 bits per heavy atom. The number of benzene rings is 2. The Balaban J connectivity index is 1.22. The fourth-order valence-electron chi connectivity index (χ4n) is 6.20. The SMILES string of the molecule is C1=CC2C(=C1)C(Cc1ccc(CC3CCCC3)cc1)=CC=C2c1ccc2c(c1)CCC2. The van der Waals surface area contributed by atoms with Crippen molar-refractivity contribution in [2.24, 2.45) is 11.8 Å². The van der Waals surface area contributed by atoms with Crippen LogP contribution < -0.4 is 0 Å². The molecule has 0 heteroatoms. The third kappa shape index (κ3) is 3.78. The molecule has 1 unspecified atom stereocenters. The van der Waals surface area contributed by atoms with Gasteiger partial charge in [-0.05, 0) is 82.6 Å². The number of hydrogen-bond acceptors (Lipinski definition) is 0. The van der Waals surface area contributed by atoms with E-state index in [1.807, 2.05) is 0 Å². The van der Waals surface area contributed by atoms with E-state index < -0.39 is 0 Å². The van der Waals surface area contributed by atoms with Gasteiger partial charge in [0, 0.05) is 5.92 Å². The summed E-state index contributed by atoms with van der Waals surface area (Å²) in [6.07, 6.45) is 23.6. The third-order valence-corrected chi connectivity index (χ3v) is 7.93. The minimum Gasteiger partial charge on any atom is -0.0726 e. The lowest BCUT2D eigenvalue weighted by molar-refractivity contribution is 0.546. The van der Waals surface area contributed by atoms with Crippen molar-refractivity contribution in [3.05, 3.63) is 112 Å². The first-order valence-corrected chi connectivity index (χ1v) is 12.3. The highest BCUT2D eigenvalue weighted by Crippen LogP contribution is 2.42. The molecule has 0 bridgehead atoms. The molecule has 0 amide bonds. The number of allylic oxidation sites excluding steroid dienone is 8. The van der Waals surface area contributed by atoms with Gasteiger partial charge in [-0.1, -0.05) is 98.5 Å². The monoisotopic (exact) mass is 404 g/mol. The zero-order valence-corrected chi connectivity index (χ0v) is 18.4. The summed E-state index contributed by atoms with van der Waals surface area (Å²) in [7, 11) is 0. The molecule has 6 rings (SSSR count). The molecular formula is C31H32. The maximum atomic E-state index is 2.46. The molecule has 0 aliphatic heterocycles. The summed E-state index contributed by atoms with van der Waals surface area (Å²) in [5.74, 6) is 1.34.